The molecule has 1 unspecified atom stereocenters. The maximum atomic E-state index is 10.5. The molecule has 0 amide bonds. The monoisotopic (exact) mass is 171 g/mol. The van der Waals surface area contributed by atoms with Crippen LogP contribution in [0.3, 0.4) is 0 Å². The van der Waals surface area contributed by atoms with Crippen LogP contribution in [-0.2, 0) is 4.79 Å². The molecule has 0 spiro atoms. The smallest absolute Gasteiger partial charge is 0.136 e. The first-order valence-corrected chi connectivity index (χ1v) is 4.81. The van der Waals surface area contributed by atoms with Gasteiger partial charge in [0.1, 0.15) is 6.29 Å². The zero-order valence-corrected chi connectivity index (χ0v) is 8.71. The molecule has 0 radical (unpaired) electrons. The number of likely N-dealkylation sites (N-methyl/N-ethyl adjacent to an activating group) is 1. The zero-order valence-electron chi connectivity index (χ0n) is 8.71. The summed E-state index contributed by atoms with van der Waals surface area (Å²) in [6.45, 7) is 7.38. The number of hydrogen-bond acceptors (Lipinski definition) is 2. The molecule has 0 aromatic heterocycles. The Labute approximate surface area is 75.9 Å². The van der Waals surface area contributed by atoms with Crippen LogP contribution >= 0.6 is 0 Å². The van der Waals surface area contributed by atoms with Gasteiger partial charge in [0, 0.05) is 6.54 Å². The van der Waals surface area contributed by atoms with Gasteiger partial charge in [-0.3, -0.25) is 4.90 Å². The fraction of sp³-hybridized carbons (Fsp3) is 0.900. The minimum Gasteiger partial charge on any atom is -0.302 e. The minimum atomic E-state index is 0.0607. The van der Waals surface area contributed by atoms with Crippen molar-refractivity contribution in [3.8, 4) is 0 Å². The van der Waals surface area contributed by atoms with Crippen molar-refractivity contribution in [1.82, 2.24) is 4.90 Å². The van der Waals surface area contributed by atoms with Crippen molar-refractivity contribution in [3.63, 3.8) is 0 Å². The Balaban J connectivity index is 3.79. The Kier molecular flexibility index (Phi) is 5.99. The molecule has 0 saturated heterocycles. The number of rotatable bonds is 6. The second kappa shape index (κ2) is 6.18. The lowest BCUT2D eigenvalue weighted by atomic mass is 10.0. The van der Waals surface area contributed by atoms with E-state index in [0.717, 1.165) is 18.7 Å². The highest BCUT2D eigenvalue weighted by Gasteiger charge is 2.11. The van der Waals surface area contributed by atoms with Crippen LogP contribution in [0, 0.1) is 5.92 Å². The molecule has 1 atom stereocenters. The summed E-state index contributed by atoms with van der Waals surface area (Å²) in [5, 5.41) is 0. The Morgan fingerprint density at radius 2 is 1.83 bits per heavy atom. The van der Waals surface area contributed by atoms with E-state index in [-0.39, 0.29) is 6.04 Å². The summed E-state index contributed by atoms with van der Waals surface area (Å²) in [6, 6.07) is 0.0607. The van der Waals surface area contributed by atoms with Crippen LogP contribution in [0.15, 0.2) is 0 Å². The van der Waals surface area contributed by atoms with Gasteiger partial charge in [-0.15, -0.1) is 0 Å². The van der Waals surface area contributed by atoms with Crippen molar-refractivity contribution in [2.24, 2.45) is 5.92 Å². The van der Waals surface area contributed by atoms with E-state index in [0.29, 0.717) is 0 Å². The predicted molar refractivity (Wildman–Crippen MR) is 52.2 cm³/mol. The van der Waals surface area contributed by atoms with Gasteiger partial charge in [0.25, 0.3) is 0 Å². The molecule has 0 aliphatic heterocycles. The van der Waals surface area contributed by atoms with Crippen LogP contribution in [0.1, 0.15) is 33.6 Å². The molecular weight excluding hydrogens is 150 g/mol. The van der Waals surface area contributed by atoms with Gasteiger partial charge in [0.2, 0.25) is 0 Å². The van der Waals surface area contributed by atoms with Gasteiger partial charge in [0.05, 0.1) is 6.04 Å². The molecule has 0 saturated carbocycles. The van der Waals surface area contributed by atoms with Gasteiger partial charge in [-0.1, -0.05) is 26.7 Å². The molecule has 0 bridgehead atoms. The molecule has 0 aliphatic rings. The van der Waals surface area contributed by atoms with Crippen LogP contribution in [0.5, 0.6) is 0 Å². The molecule has 12 heavy (non-hydrogen) atoms. The summed E-state index contributed by atoms with van der Waals surface area (Å²) < 4.78 is 0. The Morgan fingerprint density at radius 1 is 1.33 bits per heavy atom. The molecule has 0 aromatic carbocycles. The molecule has 0 aromatic rings. The first kappa shape index (κ1) is 11.6. The maximum Gasteiger partial charge on any atom is 0.136 e. The van der Waals surface area contributed by atoms with Crippen molar-refractivity contribution in [1.29, 1.82) is 0 Å². The number of aldehydes is 1. The van der Waals surface area contributed by atoms with Crippen LogP contribution < -0.4 is 0 Å². The molecule has 0 N–H and O–H groups in total. The van der Waals surface area contributed by atoms with Crippen LogP contribution in [0.25, 0.3) is 0 Å². The molecule has 2 heteroatoms. The Hall–Kier alpha value is -0.370. The average Bonchev–Trinajstić information content (AvgIpc) is 2.12. The largest absolute Gasteiger partial charge is 0.302 e. The van der Waals surface area contributed by atoms with E-state index in [1.54, 1.807) is 0 Å². The third kappa shape index (κ3) is 3.86. The summed E-state index contributed by atoms with van der Waals surface area (Å²) in [6.07, 6.45) is 3.40. The standard InChI is InChI=1S/C10H21NO/c1-5-10(6-2)7-11(4)9(3)8-12/h8-10H,5-7H2,1-4H3. The lowest BCUT2D eigenvalue weighted by molar-refractivity contribution is -0.111. The van der Waals surface area contributed by atoms with Gasteiger partial charge < -0.3 is 4.79 Å². The predicted octanol–water partition coefficient (Wildman–Crippen LogP) is 1.94. The minimum absolute atomic E-state index is 0.0607. The van der Waals surface area contributed by atoms with Gasteiger partial charge in [0.15, 0.2) is 0 Å². The van der Waals surface area contributed by atoms with Gasteiger partial charge >= 0.3 is 0 Å². The molecular formula is C10H21NO. The van der Waals surface area contributed by atoms with E-state index >= 15 is 0 Å². The molecule has 0 fully saturated rings. The van der Waals surface area contributed by atoms with E-state index in [2.05, 4.69) is 18.7 Å². The lowest BCUT2D eigenvalue weighted by Crippen LogP contribution is -2.34. The van der Waals surface area contributed by atoms with Gasteiger partial charge in [-0.05, 0) is 19.9 Å². The summed E-state index contributed by atoms with van der Waals surface area (Å²) in [5.41, 5.74) is 0. The summed E-state index contributed by atoms with van der Waals surface area (Å²) in [5.74, 6) is 0.734. The van der Waals surface area contributed by atoms with Crippen molar-refractivity contribution >= 4 is 6.29 Å². The zero-order chi connectivity index (χ0) is 9.56. The summed E-state index contributed by atoms with van der Waals surface area (Å²) in [4.78, 5) is 12.6. The van der Waals surface area contributed by atoms with E-state index in [4.69, 9.17) is 0 Å². The third-order valence-electron chi connectivity index (χ3n) is 2.59. The fourth-order valence-corrected chi connectivity index (χ4v) is 1.22. The highest BCUT2D eigenvalue weighted by Crippen LogP contribution is 2.09. The highest BCUT2D eigenvalue weighted by atomic mass is 16.1. The van der Waals surface area contributed by atoms with Gasteiger partial charge in [-0.2, -0.15) is 0 Å². The molecule has 2 nitrogen and oxygen atoms in total. The second-order valence-corrected chi connectivity index (χ2v) is 3.50. The maximum absolute atomic E-state index is 10.5. The normalized spacial score (nSPS) is 13.8. The number of carbonyl (C=O) groups excluding carboxylic acids is 1. The first-order valence-electron chi connectivity index (χ1n) is 4.81. The van der Waals surface area contributed by atoms with Crippen LogP contribution in [0.4, 0.5) is 0 Å². The Morgan fingerprint density at radius 3 is 2.17 bits per heavy atom. The van der Waals surface area contributed by atoms with Gasteiger partial charge in [-0.25, -0.2) is 0 Å². The Bertz CT molecular complexity index is 121. The highest BCUT2D eigenvalue weighted by molar-refractivity contribution is 5.56. The van der Waals surface area contributed by atoms with Crippen molar-refractivity contribution in [2.45, 2.75) is 39.7 Å². The topological polar surface area (TPSA) is 20.3 Å². The quantitative estimate of drug-likeness (QED) is 0.569. The molecule has 72 valence electrons. The van der Waals surface area contributed by atoms with Crippen molar-refractivity contribution in [3.05, 3.63) is 0 Å². The SMILES string of the molecule is CCC(CC)CN(C)C(C)C=O. The van der Waals surface area contributed by atoms with Crippen molar-refractivity contribution in [2.75, 3.05) is 13.6 Å². The fourth-order valence-electron chi connectivity index (χ4n) is 1.22. The third-order valence-corrected chi connectivity index (χ3v) is 2.59. The molecule has 0 aliphatic carbocycles. The first-order chi connectivity index (χ1) is 5.65. The lowest BCUT2D eigenvalue weighted by Gasteiger charge is -2.24. The average molecular weight is 171 g/mol. The number of hydrogen-bond donors (Lipinski definition) is 0. The summed E-state index contributed by atoms with van der Waals surface area (Å²) >= 11 is 0. The molecule has 0 rings (SSSR count). The summed E-state index contributed by atoms with van der Waals surface area (Å²) in [7, 11) is 2.01. The second-order valence-electron chi connectivity index (χ2n) is 3.50. The van der Waals surface area contributed by atoms with E-state index in [1.165, 1.54) is 12.8 Å². The number of carbonyl (C=O) groups is 1. The van der Waals surface area contributed by atoms with E-state index < -0.39 is 0 Å². The van der Waals surface area contributed by atoms with Crippen molar-refractivity contribution < 1.29 is 4.79 Å². The van der Waals surface area contributed by atoms with Crippen LogP contribution in [0.2, 0.25) is 0 Å². The van der Waals surface area contributed by atoms with Crippen LogP contribution in [-0.4, -0.2) is 30.8 Å². The molecule has 0 heterocycles. The number of nitrogens with zero attached hydrogens (tertiary/aromatic N) is 1. The van der Waals surface area contributed by atoms with E-state index in [1.807, 2.05) is 14.0 Å². The van der Waals surface area contributed by atoms with E-state index in [9.17, 15) is 4.79 Å².